The van der Waals surface area contributed by atoms with Crippen LogP contribution in [0.1, 0.15) is 41.3 Å². The molecular formula is C22H28Cl3FN4O2S. The molecule has 182 valence electrons. The van der Waals surface area contributed by atoms with Crippen LogP contribution >= 0.6 is 37.2 Å². The first-order valence-electron chi connectivity index (χ1n) is 9.96. The number of allylic oxidation sites excluding steroid dienone is 1. The highest BCUT2D eigenvalue weighted by Gasteiger charge is 2.26. The maximum atomic E-state index is 14.3. The van der Waals surface area contributed by atoms with Gasteiger partial charge >= 0.3 is 0 Å². The van der Waals surface area contributed by atoms with Gasteiger partial charge in [0.1, 0.15) is 5.83 Å². The van der Waals surface area contributed by atoms with E-state index in [-0.39, 0.29) is 61.2 Å². The van der Waals surface area contributed by atoms with Crippen LogP contribution in [0.5, 0.6) is 0 Å². The second kappa shape index (κ2) is 11.6. The molecule has 3 heterocycles. The molecule has 1 saturated carbocycles. The molecule has 0 aliphatic heterocycles. The number of hydrogen-bond acceptors (Lipinski definition) is 5. The number of nitrogens with two attached hydrogens (primary N) is 1. The van der Waals surface area contributed by atoms with Crippen LogP contribution in [0.2, 0.25) is 0 Å². The lowest BCUT2D eigenvalue weighted by Crippen LogP contribution is -2.04. The molecule has 3 aromatic rings. The van der Waals surface area contributed by atoms with E-state index in [1.807, 2.05) is 23.6 Å². The van der Waals surface area contributed by atoms with Crippen molar-refractivity contribution in [1.29, 1.82) is 0 Å². The number of halogens is 4. The van der Waals surface area contributed by atoms with Gasteiger partial charge in [0, 0.05) is 48.3 Å². The van der Waals surface area contributed by atoms with E-state index >= 15 is 0 Å². The van der Waals surface area contributed by atoms with E-state index in [4.69, 9.17) is 10.7 Å². The van der Waals surface area contributed by atoms with E-state index in [9.17, 15) is 12.8 Å². The van der Waals surface area contributed by atoms with Crippen LogP contribution in [0.25, 0.3) is 11.0 Å². The third-order valence-corrected chi connectivity index (χ3v) is 6.52. The minimum atomic E-state index is -3.34. The Morgan fingerprint density at radius 3 is 2.45 bits per heavy atom. The summed E-state index contributed by atoms with van der Waals surface area (Å²) in [5, 5.41) is 0.0496. The molecule has 6 nitrogen and oxygen atoms in total. The summed E-state index contributed by atoms with van der Waals surface area (Å²) in [6.45, 7) is 2.22. The Hall–Kier alpha value is -1.71. The smallest absolute Gasteiger partial charge is 0.192 e. The molecule has 33 heavy (non-hydrogen) atoms. The van der Waals surface area contributed by atoms with Crippen LogP contribution in [0.15, 0.2) is 47.4 Å². The fourth-order valence-electron chi connectivity index (χ4n) is 3.73. The summed E-state index contributed by atoms with van der Waals surface area (Å²) in [6.07, 6.45) is 6.94. The van der Waals surface area contributed by atoms with E-state index in [0.717, 1.165) is 52.6 Å². The van der Waals surface area contributed by atoms with Crippen molar-refractivity contribution in [2.75, 3.05) is 12.8 Å². The van der Waals surface area contributed by atoms with Crippen molar-refractivity contribution < 1.29 is 12.8 Å². The lowest BCUT2D eigenvalue weighted by atomic mass is 10.1. The van der Waals surface area contributed by atoms with Gasteiger partial charge in [0.05, 0.1) is 17.6 Å². The van der Waals surface area contributed by atoms with Gasteiger partial charge in [-0.15, -0.1) is 37.2 Å². The fraction of sp³-hybridized carbons (Fsp3) is 0.364. The van der Waals surface area contributed by atoms with Crippen molar-refractivity contribution in [3.63, 3.8) is 0 Å². The highest BCUT2D eigenvalue weighted by molar-refractivity contribution is 7.90. The molecule has 1 aliphatic carbocycles. The minimum Gasteiger partial charge on any atom is -0.336 e. The Balaban J connectivity index is 0.00000181. The molecule has 1 aliphatic rings. The van der Waals surface area contributed by atoms with Gasteiger partial charge in [-0.3, -0.25) is 4.98 Å². The number of rotatable bonds is 7. The standard InChI is InChI=1S/C22H25FN4O2S.3ClH/c1-14-18(11-15-3-8-21(25-12-15)30(2,28)29)22-20(27(14)13-17(23)9-10-24)7-6-19(26-22)16-4-5-16;;;/h3,6-9,12,16H,4-5,10-11,13,24H2,1-2H3;3*1H/b17-9-;;;. The molecule has 0 atom stereocenters. The molecule has 0 unspecified atom stereocenters. The van der Waals surface area contributed by atoms with Crippen molar-refractivity contribution in [2.24, 2.45) is 5.73 Å². The van der Waals surface area contributed by atoms with E-state index < -0.39 is 9.84 Å². The largest absolute Gasteiger partial charge is 0.336 e. The molecule has 0 amide bonds. The van der Waals surface area contributed by atoms with E-state index in [1.165, 1.54) is 12.1 Å². The predicted molar refractivity (Wildman–Crippen MR) is 137 cm³/mol. The number of sulfone groups is 1. The molecule has 11 heteroatoms. The highest BCUT2D eigenvalue weighted by Crippen LogP contribution is 2.40. The zero-order valence-electron chi connectivity index (χ0n) is 18.3. The van der Waals surface area contributed by atoms with E-state index in [1.54, 1.807) is 12.3 Å². The summed E-state index contributed by atoms with van der Waals surface area (Å²) in [5.74, 6) is 0.227. The summed E-state index contributed by atoms with van der Waals surface area (Å²) in [4.78, 5) is 9.01. The Bertz CT molecular complexity index is 1240. The number of nitrogens with zero attached hydrogens (tertiary/aromatic N) is 3. The van der Waals surface area contributed by atoms with Gasteiger partial charge in [0.25, 0.3) is 0 Å². The summed E-state index contributed by atoms with van der Waals surface area (Å²) >= 11 is 0. The van der Waals surface area contributed by atoms with Crippen molar-refractivity contribution >= 4 is 58.1 Å². The molecule has 2 N–H and O–H groups in total. The zero-order valence-corrected chi connectivity index (χ0v) is 21.6. The minimum absolute atomic E-state index is 0. The quantitative estimate of drug-likeness (QED) is 0.472. The van der Waals surface area contributed by atoms with Crippen molar-refractivity contribution in [3.05, 3.63) is 64.9 Å². The molecule has 0 spiro atoms. The summed E-state index contributed by atoms with van der Waals surface area (Å²) in [7, 11) is -3.34. The molecule has 3 aromatic heterocycles. The third kappa shape index (κ3) is 6.45. The maximum absolute atomic E-state index is 14.3. The molecule has 1 fully saturated rings. The van der Waals surface area contributed by atoms with Gasteiger partial charge in [0.2, 0.25) is 0 Å². The van der Waals surface area contributed by atoms with Gasteiger partial charge in [-0.1, -0.05) is 6.07 Å². The zero-order chi connectivity index (χ0) is 21.5. The summed E-state index contributed by atoms with van der Waals surface area (Å²) in [5.41, 5.74) is 11.1. The lowest BCUT2D eigenvalue weighted by Gasteiger charge is -2.07. The van der Waals surface area contributed by atoms with Gasteiger partial charge < -0.3 is 10.3 Å². The van der Waals surface area contributed by atoms with E-state index in [0.29, 0.717) is 12.3 Å². The van der Waals surface area contributed by atoms with Gasteiger partial charge in [-0.05, 0) is 49.6 Å². The fourth-order valence-corrected chi connectivity index (χ4v) is 4.29. The first-order valence-corrected chi connectivity index (χ1v) is 11.8. The SMILES string of the molecule is Cc1c(Cc2ccc(S(C)(=O)=O)nc2)c2nc(C3CC3)ccc2n1C/C(F)=C/CN.Cl.Cl.Cl. The average Bonchev–Trinajstić information content (AvgIpc) is 3.51. The van der Waals surface area contributed by atoms with Crippen LogP contribution in [0, 0.1) is 6.92 Å². The van der Waals surface area contributed by atoms with Crippen LogP contribution in [0.3, 0.4) is 0 Å². The molecule has 4 rings (SSSR count). The first-order chi connectivity index (χ1) is 14.3. The van der Waals surface area contributed by atoms with Crippen LogP contribution < -0.4 is 5.73 Å². The second-order valence-electron chi connectivity index (χ2n) is 7.87. The molecule has 0 radical (unpaired) electrons. The number of aromatic nitrogens is 3. The Labute approximate surface area is 212 Å². The second-order valence-corrected chi connectivity index (χ2v) is 9.83. The van der Waals surface area contributed by atoms with Crippen molar-refractivity contribution in [1.82, 2.24) is 14.5 Å². The van der Waals surface area contributed by atoms with Gasteiger partial charge in [-0.25, -0.2) is 17.8 Å². The molecule has 0 saturated heterocycles. The van der Waals surface area contributed by atoms with Crippen molar-refractivity contribution in [3.8, 4) is 0 Å². The topological polar surface area (TPSA) is 90.9 Å². The van der Waals surface area contributed by atoms with E-state index in [2.05, 4.69) is 4.98 Å². The summed E-state index contributed by atoms with van der Waals surface area (Å²) < 4.78 is 39.5. The summed E-state index contributed by atoms with van der Waals surface area (Å²) in [6, 6.07) is 7.34. The number of fused-ring (bicyclic) bond motifs is 1. The Morgan fingerprint density at radius 1 is 1.21 bits per heavy atom. The Kier molecular flexibility index (Phi) is 10.3. The van der Waals surface area contributed by atoms with Gasteiger partial charge in [0.15, 0.2) is 14.9 Å². The molecule has 0 aromatic carbocycles. The van der Waals surface area contributed by atoms with Crippen molar-refractivity contribution in [2.45, 2.75) is 43.7 Å². The lowest BCUT2D eigenvalue weighted by molar-refractivity contribution is 0.554. The number of hydrogen-bond donors (Lipinski definition) is 1. The van der Waals surface area contributed by atoms with Crippen LogP contribution in [-0.4, -0.2) is 35.8 Å². The Morgan fingerprint density at radius 2 is 1.91 bits per heavy atom. The number of pyridine rings is 2. The monoisotopic (exact) mass is 536 g/mol. The van der Waals surface area contributed by atoms with Gasteiger partial charge in [-0.2, -0.15) is 0 Å². The van der Waals surface area contributed by atoms with Crippen LogP contribution in [0.4, 0.5) is 4.39 Å². The first kappa shape index (κ1) is 29.3. The predicted octanol–water partition coefficient (Wildman–Crippen LogP) is 4.69. The highest BCUT2D eigenvalue weighted by atomic mass is 35.5. The molecular weight excluding hydrogens is 510 g/mol. The molecule has 0 bridgehead atoms. The maximum Gasteiger partial charge on any atom is 0.192 e. The van der Waals surface area contributed by atoms with Crippen LogP contribution in [-0.2, 0) is 22.8 Å². The third-order valence-electron chi connectivity index (χ3n) is 5.52. The average molecular weight is 538 g/mol. The normalized spacial score (nSPS) is 13.8.